The van der Waals surface area contributed by atoms with Gasteiger partial charge in [-0.15, -0.1) is 0 Å². The fourth-order valence-corrected chi connectivity index (χ4v) is 1.47. The van der Waals surface area contributed by atoms with E-state index in [-0.39, 0.29) is 17.1 Å². The first-order valence-corrected chi connectivity index (χ1v) is 5.64. The van der Waals surface area contributed by atoms with Gasteiger partial charge in [-0.25, -0.2) is 9.68 Å². The maximum atomic E-state index is 11.6. The largest absolute Gasteiger partial charge is 0.507 e. The molecule has 0 heterocycles. The van der Waals surface area contributed by atoms with Gasteiger partial charge in [0.2, 0.25) is 0 Å². The number of phenols is 1. The van der Waals surface area contributed by atoms with Crippen LogP contribution < -0.4 is 10.6 Å². The number of aromatic hydroxyl groups is 1. The number of carbonyl (C=O) groups is 2. The van der Waals surface area contributed by atoms with Crippen LogP contribution >= 0.6 is 0 Å². The van der Waals surface area contributed by atoms with Gasteiger partial charge >= 0.3 is 5.97 Å². The molecule has 102 valence electrons. The van der Waals surface area contributed by atoms with Crippen molar-refractivity contribution in [2.75, 3.05) is 0 Å². The normalized spacial score (nSPS) is 9.80. The molecule has 0 radical (unpaired) electrons. The standard InChI is InChI=1S/C14H11NO5/c15-13(17)11-8-10(6-7-12(11)16)19-20-14(18)9-4-2-1-3-5-9/h1-8,16H,(H2,15,17). The zero-order valence-electron chi connectivity index (χ0n) is 10.3. The molecular weight excluding hydrogens is 262 g/mol. The summed E-state index contributed by atoms with van der Waals surface area (Å²) in [6.45, 7) is 0. The summed E-state index contributed by atoms with van der Waals surface area (Å²) >= 11 is 0. The number of hydrogen-bond donors (Lipinski definition) is 2. The molecule has 20 heavy (non-hydrogen) atoms. The molecule has 1 amide bonds. The molecular formula is C14H11NO5. The lowest BCUT2D eigenvalue weighted by atomic mass is 10.2. The Morgan fingerprint density at radius 3 is 2.40 bits per heavy atom. The molecule has 6 nitrogen and oxygen atoms in total. The molecule has 0 atom stereocenters. The van der Waals surface area contributed by atoms with Gasteiger partial charge in [0.25, 0.3) is 5.91 Å². The molecule has 3 N–H and O–H groups in total. The summed E-state index contributed by atoms with van der Waals surface area (Å²) in [5.74, 6) is -1.71. The number of benzene rings is 2. The van der Waals surface area contributed by atoms with E-state index in [1.165, 1.54) is 18.2 Å². The first-order valence-electron chi connectivity index (χ1n) is 5.64. The smallest absolute Gasteiger partial charge is 0.386 e. The van der Waals surface area contributed by atoms with Crippen molar-refractivity contribution < 1.29 is 24.5 Å². The summed E-state index contributed by atoms with van der Waals surface area (Å²) in [5.41, 5.74) is 5.26. The average molecular weight is 273 g/mol. The van der Waals surface area contributed by atoms with Crippen LogP contribution in [0, 0.1) is 0 Å². The lowest BCUT2D eigenvalue weighted by Gasteiger charge is -2.06. The first-order chi connectivity index (χ1) is 9.58. The summed E-state index contributed by atoms with van der Waals surface area (Å²) in [7, 11) is 0. The Balaban J connectivity index is 2.06. The Morgan fingerprint density at radius 1 is 1.05 bits per heavy atom. The van der Waals surface area contributed by atoms with Crippen LogP contribution in [0.25, 0.3) is 0 Å². The molecule has 0 aliphatic rings. The second-order valence-corrected chi connectivity index (χ2v) is 3.86. The zero-order valence-corrected chi connectivity index (χ0v) is 10.3. The second kappa shape index (κ2) is 5.75. The Bertz CT molecular complexity index is 639. The number of rotatable bonds is 4. The van der Waals surface area contributed by atoms with E-state index in [4.69, 9.17) is 10.6 Å². The van der Waals surface area contributed by atoms with E-state index in [1.54, 1.807) is 30.3 Å². The van der Waals surface area contributed by atoms with Crippen LogP contribution in [-0.4, -0.2) is 17.0 Å². The topological polar surface area (TPSA) is 98.9 Å². The first kappa shape index (κ1) is 13.4. The van der Waals surface area contributed by atoms with E-state index in [0.717, 1.165) is 0 Å². The molecule has 0 fully saturated rings. The fraction of sp³-hybridized carbons (Fsp3) is 0. The van der Waals surface area contributed by atoms with E-state index >= 15 is 0 Å². The van der Waals surface area contributed by atoms with Gasteiger partial charge in [0.05, 0.1) is 11.1 Å². The summed E-state index contributed by atoms with van der Waals surface area (Å²) in [6, 6.07) is 12.0. The molecule has 0 saturated carbocycles. The Morgan fingerprint density at radius 2 is 1.75 bits per heavy atom. The lowest BCUT2D eigenvalue weighted by Crippen LogP contribution is -2.12. The van der Waals surface area contributed by atoms with Crippen molar-refractivity contribution in [1.29, 1.82) is 0 Å². The number of amides is 1. The SMILES string of the molecule is NC(=O)c1cc(OOC(=O)c2ccccc2)ccc1O. The van der Waals surface area contributed by atoms with Gasteiger partial charge in [0, 0.05) is 6.07 Å². The monoisotopic (exact) mass is 273 g/mol. The molecule has 0 aromatic heterocycles. The highest BCUT2D eigenvalue weighted by atomic mass is 17.2. The lowest BCUT2D eigenvalue weighted by molar-refractivity contribution is -0.149. The maximum absolute atomic E-state index is 11.6. The molecule has 2 aromatic rings. The van der Waals surface area contributed by atoms with Gasteiger partial charge in [0.15, 0.2) is 5.75 Å². The molecule has 0 aliphatic heterocycles. The van der Waals surface area contributed by atoms with Gasteiger partial charge in [-0.2, -0.15) is 0 Å². The van der Waals surface area contributed by atoms with E-state index < -0.39 is 11.9 Å². The molecule has 0 unspecified atom stereocenters. The van der Waals surface area contributed by atoms with Crippen LogP contribution in [0.3, 0.4) is 0 Å². The predicted octanol–water partition coefficient (Wildman–Crippen LogP) is 1.64. The van der Waals surface area contributed by atoms with Crippen molar-refractivity contribution in [3.8, 4) is 11.5 Å². The van der Waals surface area contributed by atoms with Crippen LogP contribution in [0.15, 0.2) is 48.5 Å². The van der Waals surface area contributed by atoms with Crippen molar-refractivity contribution in [2.45, 2.75) is 0 Å². The molecule has 0 saturated heterocycles. The number of carbonyl (C=O) groups excluding carboxylic acids is 2. The maximum Gasteiger partial charge on any atom is 0.386 e. The van der Waals surface area contributed by atoms with E-state index in [2.05, 4.69) is 4.89 Å². The van der Waals surface area contributed by atoms with Crippen molar-refractivity contribution in [3.05, 3.63) is 59.7 Å². The van der Waals surface area contributed by atoms with Crippen LogP contribution in [0.1, 0.15) is 20.7 Å². The van der Waals surface area contributed by atoms with Crippen LogP contribution in [0.2, 0.25) is 0 Å². The van der Waals surface area contributed by atoms with Gasteiger partial charge < -0.3 is 10.8 Å². The minimum absolute atomic E-state index is 0.0703. The zero-order chi connectivity index (χ0) is 14.5. The second-order valence-electron chi connectivity index (χ2n) is 3.86. The third-order valence-corrected chi connectivity index (χ3v) is 2.46. The third kappa shape index (κ3) is 3.05. The number of nitrogens with two attached hydrogens (primary N) is 1. The van der Waals surface area contributed by atoms with Crippen LogP contribution in [0.4, 0.5) is 0 Å². The van der Waals surface area contributed by atoms with Gasteiger partial charge in [0.1, 0.15) is 5.75 Å². The Kier molecular flexibility index (Phi) is 3.85. The van der Waals surface area contributed by atoms with Crippen molar-refractivity contribution in [2.24, 2.45) is 5.73 Å². The minimum Gasteiger partial charge on any atom is -0.507 e. The van der Waals surface area contributed by atoms with E-state index in [9.17, 15) is 14.7 Å². The van der Waals surface area contributed by atoms with Crippen molar-refractivity contribution in [1.82, 2.24) is 0 Å². The summed E-state index contributed by atoms with van der Waals surface area (Å²) in [6.07, 6.45) is 0. The summed E-state index contributed by atoms with van der Waals surface area (Å²) in [4.78, 5) is 32.1. The van der Waals surface area contributed by atoms with Crippen LogP contribution in [0.5, 0.6) is 11.5 Å². The molecule has 2 aromatic carbocycles. The van der Waals surface area contributed by atoms with Crippen molar-refractivity contribution in [3.63, 3.8) is 0 Å². The predicted molar refractivity (Wildman–Crippen MR) is 69.1 cm³/mol. The summed E-state index contributed by atoms with van der Waals surface area (Å²) < 4.78 is 0. The fourth-order valence-electron chi connectivity index (χ4n) is 1.47. The van der Waals surface area contributed by atoms with Crippen molar-refractivity contribution >= 4 is 11.9 Å². The highest BCUT2D eigenvalue weighted by Gasteiger charge is 2.12. The Labute approximate surface area is 114 Å². The third-order valence-electron chi connectivity index (χ3n) is 2.46. The number of primary amides is 1. The molecule has 0 aliphatic carbocycles. The summed E-state index contributed by atoms with van der Waals surface area (Å²) in [5, 5.41) is 9.40. The van der Waals surface area contributed by atoms with Gasteiger partial charge in [-0.05, 0) is 24.3 Å². The molecule has 0 bridgehead atoms. The quantitative estimate of drug-likeness (QED) is 0.651. The highest BCUT2D eigenvalue weighted by molar-refractivity contribution is 5.96. The molecule has 6 heteroatoms. The molecule has 2 rings (SSSR count). The van der Waals surface area contributed by atoms with E-state index in [1.807, 2.05) is 0 Å². The number of hydrogen-bond acceptors (Lipinski definition) is 5. The molecule has 0 spiro atoms. The Hall–Kier alpha value is -3.02. The average Bonchev–Trinajstić information content (AvgIpc) is 2.46. The van der Waals surface area contributed by atoms with E-state index in [0.29, 0.717) is 5.56 Å². The van der Waals surface area contributed by atoms with Crippen LogP contribution in [-0.2, 0) is 4.89 Å². The highest BCUT2D eigenvalue weighted by Crippen LogP contribution is 2.22. The van der Waals surface area contributed by atoms with Gasteiger partial charge in [-0.1, -0.05) is 18.2 Å². The van der Waals surface area contributed by atoms with Gasteiger partial charge in [-0.3, -0.25) is 9.68 Å². The minimum atomic E-state index is -0.817.